The summed E-state index contributed by atoms with van der Waals surface area (Å²) in [4.78, 5) is 0. The van der Waals surface area contributed by atoms with E-state index in [9.17, 15) is 15.3 Å². The molecule has 5 rings (SSSR count). The minimum Gasteiger partial charge on any atom is -0.461 e. The SMILES string of the molecule is CC1OC(Oc2c(/C=C/c3ccc4ccccc4c3)ccc3ccccc23)[C@H](O)C(O)[C@@H]1O. The highest BCUT2D eigenvalue weighted by Gasteiger charge is 2.43. The normalized spacial score (nSPS) is 25.6. The van der Waals surface area contributed by atoms with E-state index in [2.05, 4.69) is 30.3 Å². The summed E-state index contributed by atoms with van der Waals surface area (Å²) in [6.07, 6.45) is -1.73. The number of hydrogen-bond donors (Lipinski definition) is 3. The first-order valence-corrected chi connectivity index (χ1v) is 11.1. The predicted octanol–water partition coefficient (Wildman–Crippen LogP) is 4.37. The molecule has 5 nitrogen and oxygen atoms in total. The third kappa shape index (κ3) is 4.24. The molecule has 1 aliphatic rings. The van der Waals surface area contributed by atoms with Crippen molar-refractivity contribution in [2.45, 2.75) is 37.6 Å². The quantitative estimate of drug-likeness (QED) is 0.409. The van der Waals surface area contributed by atoms with Gasteiger partial charge in [0.1, 0.15) is 24.1 Å². The van der Waals surface area contributed by atoms with Crippen LogP contribution in [-0.2, 0) is 4.74 Å². The molecule has 0 bridgehead atoms. The van der Waals surface area contributed by atoms with E-state index in [0.29, 0.717) is 5.75 Å². The minimum atomic E-state index is -1.38. The summed E-state index contributed by atoms with van der Waals surface area (Å²) in [6.45, 7) is 1.64. The molecule has 0 saturated carbocycles. The van der Waals surface area contributed by atoms with E-state index in [1.54, 1.807) is 6.92 Å². The molecule has 0 aromatic heterocycles. The van der Waals surface area contributed by atoms with Crippen LogP contribution in [0.3, 0.4) is 0 Å². The molecule has 0 aliphatic carbocycles. The lowest BCUT2D eigenvalue weighted by molar-refractivity contribution is -0.267. The number of ether oxygens (including phenoxy) is 2. The molecule has 1 heterocycles. The highest BCUT2D eigenvalue weighted by Crippen LogP contribution is 2.34. The third-order valence-corrected chi connectivity index (χ3v) is 6.18. The van der Waals surface area contributed by atoms with E-state index >= 15 is 0 Å². The van der Waals surface area contributed by atoms with E-state index in [1.165, 1.54) is 5.39 Å². The molecular formula is C28H26O5. The molecule has 1 fully saturated rings. The summed E-state index contributed by atoms with van der Waals surface area (Å²) in [7, 11) is 0. The van der Waals surface area contributed by atoms with Gasteiger partial charge in [-0.2, -0.15) is 0 Å². The average molecular weight is 443 g/mol. The molecule has 1 saturated heterocycles. The largest absolute Gasteiger partial charge is 0.461 e. The molecule has 5 atom stereocenters. The van der Waals surface area contributed by atoms with Crippen LogP contribution in [0.15, 0.2) is 78.9 Å². The zero-order chi connectivity index (χ0) is 22.9. The molecule has 168 valence electrons. The standard InChI is InChI=1S/C28H26O5/c1-17-24(29)25(30)26(31)28(32-17)33-27-21(15-14-20-7-4-5-9-23(20)27)13-11-18-10-12-19-6-2-3-8-22(19)16-18/h2-17,24-26,28-31H,1H3/b13-11+/t17?,24-,25?,26-,28?/m1/s1. The first-order chi connectivity index (χ1) is 16.0. The van der Waals surface area contributed by atoms with E-state index in [0.717, 1.165) is 27.3 Å². The van der Waals surface area contributed by atoms with Gasteiger partial charge >= 0.3 is 0 Å². The summed E-state index contributed by atoms with van der Waals surface area (Å²) >= 11 is 0. The van der Waals surface area contributed by atoms with Gasteiger partial charge in [0.2, 0.25) is 6.29 Å². The number of fused-ring (bicyclic) bond motifs is 2. The fraction of sp³-hybridized carbons (Fsp3) is 0.214. The number of hydrogen-bond acceptors (Lipinski definition) is 5. The Bertz CT molecular complexity index is 1310. The van der Waals surface area contributed by atoms with Gasteiger partial charge in [-0.05, 0) is 34.7 Å². The maximum Gasteiger partial charge on any atom is 0.229 e. The van der Waals surface area contributed by atoms with Crippen molar-refractivity contribution in [3.63, 3.8) is 0 Å². The van der Waals surface area contributed by atoms with Gasteiger partial charge in [0.25, 0.3) is 0 Å². The highest BCUT2D eigenvalue weighted by molar-refractivity contribution is 5.93. The number of aliphatic hydroxyl groups excluding tert-OH is 3. The van der Waals surface area contributed by atoms with Crippen LogP contribution in [0.25, 0.3) is 33.7 Å². The van der Waals surface area contributed by atoms with Gasteiger partial charge in [-0.25, -0.2) is 0 Å². The smallest absolute Gasteiger partial charge is 0.229 e. The van der Waals surface area contributed by atoms with E-state index < -0.39 is 30.7 Å². The van der Waals surface area contributed by atoms with Crippen LogP contribution in [0.2, 0.25) is 0 Å². The van der Waals surface area contributed by atoms with Gasteiger partial charge in [-0.1, -0.05) is 84.9 Å². The van der Waals surface area contributed by atoms with Gasteiger partial charge in [-0.3, -0.25) is 0 Å². The molecule has 4 aromatic rings. The topological polar surface area (TPSA) is 79.2 Å². The van der Waals surface area contributed by atoms with Gasteiger partial charge < -0.3 is 24.8 Å². The van der Waals surface area contributed by atoms with Crippen LogP contribution < -0.4 is 4.74 Å². The van der Waals surface area contributed by atoms with Crippen LogP contribution in [0.1, 0.15) is 18.1 Å². The molecule has 0 radical (unpaired) electrons. The number of aliphatic hydroxyl groups is 3. The van der Waals surface area contributed by atoms with E-state index in [-0.39, 0.29) is 0 Å². The van der Waals surface area contributed by atoms with Crippen LogP contribution >= 0.6 is 0 Å². The van der Waals surface area contributed by atoms with Crippen LogP contribution in [0.5, 0.6) is 5.75 Å². The maximum atomic E-state index is 10.5. The first kappa shape index (κ1) is 21.6. The van der Waals surface area contributed by atoms with Gasteiger partial charge in [0.05, 0.1) is 6.10 Å². The summed E-state index contributed by atoms with van der Waals surface area (Å²) in [6, 6.07) is 26.3. The lowest BCUT2D eigenvalue weighted by Gasteiger charge is -2.39. The molecule has 4 aromatic carbocycles. The molecule has 0 spiro atoms. The molecule has 33 heavy (non-hydrogen) atoms. The zero-order valence-electron chi connectivity index (χ0n) is 18.2. The Morgan fingerprint density at radius 2 is 1.42 bits per heavy atom. The lowest BCUT2D eigenvalue weighted by Crippen LogP contribution is -2.58. The fourth-order valence-corrected chi connectivity index (χ4v) is 4.25. The summed E-state index contributed by atoms with van der Waals surface area (Å²) < 4.78 is 11.9. The van der Waals surface area contributed by atoms with Crippen molar-refractivity contribution < 1.29 is 24.8 Å². The lowest BCUT2D eigenvalue weighted by atomic mass is 9.99. The molecule has 1 aliphatic heterocycles. The molecule has 0 amide bonds. The van der Waals surface area contributed by atoms with Gasteiger partial charge in [-0.15, -0.1) is 0 Å². The van der Waals surface area contributed by atoms with Crippen LogP contribution in [0.4, 0.5) is 0 Å². The monoisotopic (exact) mass is 442 g/mol. The Morgan fingerprint density at radius 3 is 2.24 bits per heavy atom. The summed E-state index contributed by atoms with van der Waals surface area (Å²) in [5, 5.41) is 34.9. The van der Waals surface area contributed by atoms with Crippen molar-refractivity contribution >= 4 is 33.7 Å². The van der Waals surface area contributed by atoms with Gasteiger partial charge in [0, 0.05) is 10.9 Å². The predicted molar refractivity (Wildman–Crippen MR) is 130 cm³/mol. The Balaban J connectivity index is 1.52. The van der Waals surface area contributed by atoms with Crippen molar-refractivity contribution in [2.24, 2.45) is 0 Å². The molecule has 3 unspecified atom stereocenters. The highest BCUT2D eigenvalue weighted by atomic mass is 16.7. The number of benzene rings is 4. The Kier molecular flexibility index (Phi) is 5.87. The fourth-order valence-electron chi connectivity index (χ4n) is 4.25. The maximum absolute atomic E-state index is 10.5. The third-order valence-electron chi connectivity index (χ3n) is 6.18. The second-order valence-electron chi connectivity index (χ2n) is 8.44. The second-order valence-corrected chi connectivity index (χ2v) is 8.44. The van der Waals surface area contributed by atoms with E-state index in [1.807, 2.05) is 60.7 Å². The average Bonchev–Trinajstić information content (AvgIpc) is 2.85. The summed E-state index contributed by atoms with van der Waals surface area (Å²) in [5.41, 5.74) is 1.86. The van der Waals surface area contributed by atoms with Crippen molar-refractivity contribution in [3.05, 3.63) is 90.0 Å². The van der Waals surface area contributed by atoms with Crippen molar-refractivity contribution in [3.8, 4) is 5.75 Å². The van der Waals surface area contributed by atoms with E-state index in [4.69, 9.17) is 9.47 Å². The first-order valence-electron chi connectivity index (χ1n) is 11.1. The van der Waals surface area contributed by atoms with Crippen LogP contribution in [0, 0.1) is 0 Å². The molecule has 3 N–H and O–H groups in total. The molecular weight excluding hydrogens is 416 g/mol. The van der Waals surface area contributed by atoms with Crippen LogP contribution in [-0.4, -0.2) is 46.0 Å². The molecule has 5 heteroatoms. The minimum absolute atomic E-state index is 0.546. The second kappa shape index (κ2) is 8.96. The Morgan fingerprint density at radius 1 is 0.727 bits per heavy atom. The zero-order valence-corrected chi connectivity index (χ0v) is 18.2. The number of rotatable bonds is 4. The van der Waals surface area contributed by atoms with Gasteiger partial charge in [0.15, 0.2) is 0 Å². The summed E-state index contributed by atoms with van der Waals surface area (Å²) in [5.74, 6) is 0.546. The Labute approximate surface area is 192 Å². The Hall–Kier alpha value is -3.22. The van der Waals surface area contributed by atoms with Crippen molar-refractivity contribution in [1.82, 2.24) is 0 Å². The van der Waals surface area contributed by atoms with Crippen molar-refractivity contribution in [1.29, 1.82) is 0 Å². The van der Waals surface area contributed by atoms with Crippen molar-refractivity contribution in [2.75, 3.05) is 0 Å².